The molecule has 0 atom stereocenters. The van der Waals surface area contributed by atoms with E-state index >= 15 is 0 Å². The molecule has 0 radical (unpaired) electrons. The molecule has 1 N–H and O–H groups in total. The van der Waals surface area contributed by atoms with E-state index in [4.69, 9.17) is 0 Å². The average Bonchev–Trinajstić information content (AvgIpc) is 2.93. The summed E-state index contributed by atoms with van der Waals surface area (Å²) in [5.74, 6) is 0. The highest BCUT2D eigenvalue weighted by molar-refractivity contribution is 4.51. The molecule has 0 aromatic carbocycles. The summed E-state index contributed by atoms with van der Waals surface area (Å²) in [5.41, 5.74) is 0. The van der Waals surface area contributed by atoms with E-state index in [-0.39, 0.29) is 0 Å². The van der Waals surface area contributed by atoms with Gasteiger partial charge in [0.15, 0.2) is 0 Å². The van der Waals surface area contributed by atoms with Gasteiger partial charge in [-0.3, -0.25) is 0 Å². The molecule has 238 valence electrons. The van der Waals surface area contributed by atoms with E-state index < -0.39 is 0 Å². The highest BCUT2D eigenvalue weighted by atomic mass is 15.0. The smallest absolute Gasteiger partial charge is 0.0766 e. The maximum absolute atomic E-state index is 2.30. The lowest BCUT2D eigenvalue weighted by Crippen LogP contribution is -3.05. The van der Waals surface area contributed by atoms with Crippen LogP contribution in [0.3, 0.4) is 0 Å². The zero-order valence-electron chi connectivity index (χ0n) is 28.8. The van der Waals surface area contributed by atoms with Gasteiger partial charge in [-0.05, 0) is 12.8 Å². The van der Waals surface area contributed by atoms with Crippen LogP contribution < -0.4 is 4.90 Å². The molecule has 0 unspecified atom stereocenters. The molecule has 0 aromatic rings. The number of quaternary nitrogens is 1. The number of nitrogens with one attached hydrogen (secondary N) is 1. The van der Waals surface area contributed by atoms with E-state index in [1.807, 2.05) is 0 Å². The van der Waals surface area contributed by atoms with Crippen molar-refractivity contribution in [1.29, 1.82) is 0 Å². The lowest BCUT2D eigenvalue weighted by Gasteiger charge is -2.06. The molecule has 39 heavy (non-hydrogen) atoms. The van der Waals surface area contributed by atoms with Crippen molar-refractivity contribution in [3.63, 3.8) is 0 Å². The summed E-state index contributed by atoms with van der Waals surface area (Å²) in [5, 5.41) is 0. The zero-order valence-corrected chi connectivity index (χ0v) is 28.8. The lowest BCUT2D eigenvalue weighted by molar-refractivity contribution is -0.858. The number of hydrogen-bond donors (Lipinski definition) is 1. The second-order valence-electron chi connectivity index (χ2n) is 13.2. The van der Waals surface area contributed by atoms with Gasteiger partial charge in [0, 0.05) is 0 Å². The molecular formula is C38H82N+. The molecule has 0 saturated carbocycles. The van der Waals surface area contributed by atoms with Crippen LogP contribution >= 0.6 is 0 Å². The molecular weight excluding hydrogens is 470 g/mol. The maximum atomic E-state index is 2.30. The van der Waals surface area contributed by atoms with Crippen LogP contribution in [0, 0.1) is 0 Å². The summed E-state index contributed by atoms with van der Waals surface area (Å²) in [6.07, 6.45) is 46.8. The predicted molar refractivity (Wildman–Crippen MR) is 182 cm³/mol. The molecule has 0 aliphatic heterocycles. The van der Waals surface area contributed by atoms with E-state index in [1.165, 1.54) is 212 Å². The van der Waals surface area contributed by atoms with Gasteiger partial charge in [0.25, 0.3) is 0 Å². The minimum atomic E-state index is 1.35. The first kappa shape index (κ1) is 41.1. The molecule has 0 spiro atoms. The summed E-state index contributed by atoms with van der Waals surface area (Å²) in [7, 11) is 4.51. The Hall–Kier alpha value is -0.0400. The molecule has 0 rings (SSSR count). The van der Waals surface area contributed by atoms with Crippen LogP contribution in [0.4, 0.5) is 0 Å². The second-order valence-corrected chi connectivity index (χ2v) is 13.2. The molecule has 0 heterocycles. The van der Waals surface area contributed by atoms with Crippen molar-refractivity contribution in [2.75, 3.05) is 20.6 Å². The van der Waals surface area contributed by atoms with Crippen molar-refractivity contribution in [2.24, 2.45) is 0 Å². The SMILES string of the molecule is CCCCCCCCCCCCCCCCCC.CCCCCCCCCCCCCCCCCC[NH+](C)C. The van der Waals surface area contributed by atoms with Crippen molar-refractivity contribution >= 4 is 0 Å². The molecule has 0 aliphatic carbocycles. The molecule has 0 saturated heterocycles. The van der Waals surface area contributed by atoms with Crippen molar-refractivity contribution in [1.82, 2.24) is 0 Å². The Kier molecular flexibility index (Phi) is 42.3. The molecule has 0 fully saturated rings. The van der Waals surface area contributed by atoms with Crippen LogP contribution in [0.5, 0.6) is 0 Å². The van der Waals surface area contributed by atoms with Gasteiger partial charge in [-0.25, -0.2) is 0 Å². The molecule has 0 aromatic heterocycles. The van der Waals surface area contributed by atoms with Gasteiger partial charge in [-0.2, -0.15) is 0 Å². The molecule has 0 bridgehead atoms. The van der Waals surface area contributed by atoms with E-state index in [0.29, 0.717) is 0 Å². The van der Waals surface area contributed by atoms with Gasteiger partial charge < -0.3 is 4.90 Å². The average molecular weight is 553 g/mol. The van der Waals surface area contributed by atoms with E-state index in [1.54, 1.807) is 4.90 Å². The largest absolute Gasteiger partial charge is 0.340 e. The molecule has 1 heteroatoms. The van der Waals surface area contributed by atoms with Crippen LogP contribution in [-0.2, 0) is 0 Å². The Morgan fingerprint density at radius 1 is 0.231 bits per heavy atom. The van der Waals surface area contributed by atoms with Crippen LogP contribution in [0.2, 0.25) is 0 Å². The van der Waals surface area contributed by atoms with Crippen molar-refractivity contribution in [3.05, 3.63) is 0 Å². The Balaban J connectivity index is 0. The fourth-order valence-corrected chi connectivity index (χ4v) is 5.65. The van der Waals surface area contributed by atoms with Gasteiger partial charge >= 0.3 is 0 Å². The fourth-order valence-electron chi connectivity index (χ4n) is 5.65. The Morgan fingerprint density at radius 2 is 0.385 bits per heavy atom. The van der Waals surface area contributed by atoms with Crippen molar-refractivity contribution in [2.45, 2.75) is 226 Å². The number of hydrogen-bond acceptors (Lipinski definition) is 0. The highest BCUT2D eigenvalue weighted by Gasteiger charge is 1.96. The third kappa shape index (κ3) is 45.2. The summed E-state index contributed by atoms with van der Waals surface area (Å²) in [6, 6.07) is 0. The number of rotatable bonds is 32. The van der Waals surface area contributed by atoms with Crippen LogP contribution in [-0.4, -0.2) is 20.6 Å². The van der Waals surface area contributed by atoms with Gasteiger partial charge in [-0.1, -0.05) is 213 Å². The summed E-state index contributed by atoms with van der Waals surface area (Å²) < 4.78 is 0. The first-order chi connectivity index (χ1) is 19.2. The van der Waals surface area contributed by atoms with Gasteiger partial charge in [0.1, 0.15) is 0 Å². The van der Waals surface area contributed by atoms with Crippen LogP contribution in [0.1, 0.15) is 226 Å². The standard InChI is InChI=1S/C20H43N.C18H38/c1-4-5-6-7-8-9-10-11-12-13-14-15-16-17-18-19-20-21(2)3;1-3-5-7-9-11-13-15-17-18-16-14-12-10-8-6-4-2/h4-20H2,1-3H3;3-18H2,1-2H3/p+1. The minimum absolute atomic E-state index is 1.35. The Labute approximate surface area is 251 Å². The van der Waals surface area contributed by atoms with E-state index in [2.05, 4.69) is 34.9 Å². The normalized spacial score (nSPS) is 11.2. The Bertz CT molecular complexity index is 361. The lowest BCUT2D eigenvalue weighted by atomic mass is 10.0. The molecule has 0 amide bonds. The van der Waals surface area contributed by atoms with E-state index in [9.17, 15) is 0 Å². The summed E-state index contributed by atoms with van der Waals surface area (Å²) in [4.78, 5) is 1.60. The first-order valence-electron chi connectivity index (χ1n) is 19.0. The molecule has 1 nitrogen and oxygen atoms in total. The van der Waals surface area contributed by atoms with Crippen molar-refractivity contribution < 1.29 is 4.90 Å². The number of unbranched alkanes of at least 4 members (excludes halogenated alkanes) is 30. The predicted octanol–water partition coefficient (Wildman–Crippen LogP) is 12.7. The Morgan fingerprint density at radius 3 is 0.538 bits per heavy atom. The monoisotopic (exact) mass is 553 g/mol. The van der Waals surface area contributed by atoms with Crippen LogP contribution in [0.15, 0.2) is 0 Å². The quantitative estimate of drug-likeness (QED) is 0.0791. The third-order valence-corrected chi connectivity index (χ3v) is 8.49. The highest BCUT2D eigenvalue weighted by Crippen LogP contribution is 2.15. The maximum Gasteiger partial charge on any atom is 0.0766 e. The fraction of sp³-hybridized carbons (Fsp3) is 1.00. The zero-order chi connectivity index (χ0) is 28.9. The molecule has 0 aliphatic rings. The van der Waals surface area contributed by atoms with Gasteiger partial charge in [-0.15, -0.1) is 0 Å². The van der Waals surface area contributed by atoms with Gasteiger partial charge in [0.05, 0.1) is 20.6 Å². The van der Waals surface area contributed by atoms with Gasteiger partial charge in [0.2, 0.25) is 0 Å². The van der Waals surface area contributed by atoms with Crippen molar-refractivity contribution in [3.8, 4) is 0 Å². The van der Waals surface area contributed by atoms with Crippen LogP contribution in [0.25, 0.3) is 0 Å². The minimum Gasteiger partial charge on any atom is -0.340 e. The van der Waals surface area contributed by atoms with E-state index in [0.717, 1.165) is 0 Å². The summed E-state index contributed by atoms with van der Waals surface area (Å²) in [6.45, 7) is 8.23. The second kappa shape index (κ2) is 40.1. The topological polar surface area (TPSA) is 4.44 Å². The third-order valence-electron chi connectivity index (χ3n) is 8.49. The summed E-state index contributed by atoms with van der Waals surface area (Å²) >= 11 is 0. The first-order valence-corrected chi connectivity index (χ1v) is 19.0.